The second-order valence-corrected chi connectivity index (χ2v) is 3.72. The maximum atomic E-state index is 11.6. The van der Waals surface area contributed by atoms with Crippen molar-refractivity contribution in [2.75, 3.05) is 27.3 Å². The Labute approximate surface area is 106 Å². The molecular formula is C13H17NO4. The van der Waals surface area contributed by atoms with Crippen LogP contribution in [0.1, 0.15) is 17.3 Å². The Morgan fingerprint density at radius 2 is 2.17 bits per heavy atom. The van der Waals surface area contributed by atoms with Gasteiger partial charge in [0.05, 0.1) is 12.7 Å². The highest BCUT2D eigenvalue weighted by molar-refractivity contribution is 5.81. The van der Waals surface area contributed by atoms with Gasteiger partial charge in [0.15, 0.2) is 12.9 Å². The van der Waals surface area contributed by atoms with Crippen LogP contribution >= 0.6 is 0 Å². The number of ether oxygens (including phenoxy) is 2. The molecule has 0 saturated heterocycles. The van der Waals surface area contributed by atoms with Gasteiger partial charge in [0.25, 0.3) is 5.91 Å². The topological polar surface area (TPSA) is 55.8 Å². The average Bonchev–Trinajstić information content (AvgIpc) is 2.43. The van der Waals surface area contributed by atoms with Gasteiger partial charge in [0, 0.05) is 13.6 Å². The Hall–Kier alpha value is -2.04. The first-order valence-electron chi connectivity index (χ1n) is 5.62. The molecule has 0 radical (unpaired) electrons. The summed E-state index contributed by atoms with van der Waals surface area (Å²) >= 11 is 0. The molecule has 1 aromatic carbocycles. The number of benzene rings is 1. The van der Waals surface area contributed by atoms with E-state index in [0.717, 1.165) is 0 Å². The predicted octanol–water partition coefficient (Wildman–Crippen LogP) is 1.36. The fourth-order valence-electron chi connectivity index (χ4n) is 1.30. The molecule has 1 rings (SSSR count). The summed E-state index contributed by atoms with van der Waals surface area (Å²) < 4.78 is 10.3. The monoisotopic (exact) mass is 251 g/mol. The second-order valence-electron chi connectivity index (χ2n) is 3.72. The molecule has 5 heteroatoms. The zero-order chi connectivity index (χ0) is 13.5. The van der Waals surface area contributed by atoms with Crippen molar-refractivity contribution in [2.45, 2.75) is 6.92 Å². The number of carbonyl (C=O) groups excluding carboxylic acids is 2. The molecule has 1 amide bonds. The molecule has 0 aliphatic carbocycles. The fraction of sp³-hybridized carbons (Fsp3) is 0.385. The highest BCUT2D eigenvalue weighted by atomic mass is 16.5. The van der Waals surface area contributed by atoms with Crippen LogP contribution in [0.3, 0.4) is 0 Å². The van der Waals surface area contributed by atoms with E-state index in [0.29, 0.717) is 29.9 Å². The van der Waals surface area contributed by atoms with Crippen molar-refractivity contribution < 1.29 is 19.1 Å². The van der Waals surface area contributed by atoms with E-state index in [2.05, 4.69) is 0 Å². The zero-order valence-electron chi connectivity index (χ0n) is 10.8. The molecular weight excluding hydrogens is 234 g/mol. The largest absolute Gasteiger partial charge is 0.497 e. The summed E-state index contributed by atoms with van der Waals surface area (Å²) in [5.41, 5.74) is 0.362. The molecule has 0 aliphatic rings. The number of methoxy groups -OCH3 is 1. The number of amides is 1. The van der Waals surface area contributed by atoms with Crippen molar-refractivity contribution >= 4 is 12.2 Å². The molecule has 0 atom stereocenters. The van der Waals surface area contributed by atoms with Crippen LogP contribution in [-0.2, 0) is 4.79 Å². The Bertz CT molecular complexity index is 431. The number of carbonyl (C=O) groups is 2. The number of aldehydes is 1. The molecule has 0 aromatic heterocycles. The van der Waals surface area contributed by atoms with Gasteiger partial charge >= 0.3 is 0 Å². The van der Waals surface area contributed by atoms with Gasteiger partial charge in [0.1, 0.15) is 11.5 Å². The van der Waals surface area contributed by atoms with Crippen molar-refractivity contribution in [3.8, 4) is 11.5 Å². The molecule has 0 bridgehead atoms. The maximum Gasteiger partial charge on any atom is 0.260 e. The van der Waals surface area contributed by atoms with E-state index in [9.17, 15) is 9.59 Å². The lowest BCUT2D eigenvalue weighted by atomic mass is 10.2. The van der Waals surface area contributed by atoms with E-state index in [-0.39, 0.29) is 12.5 Å². The maximum absolute atomic E-state index is 11.6. The number of likely N-dealkylation sites (N-methyl/N-ethyl adjacent to an activating group) is 1. The van der Waals surface area contributed by atoms with Crippen molar-refractivity contribution in [1.29, 1.82) is 0 Å². The third-order valence-corrected chi connectivity index (χ3v) is 2.60. The van der Waals surface area contributed by atoms with Crippen molar-refractivity contribution in [2.24, 2.45) is 0 Å². The van der Waals surface area contributed by atoms with Gasteiger partial charge in [-0.1, -0.05) is 0 Å². The van der Waals surface area contributed by atoms with Crippen LogP contribution in [0.2, 0.25) is 0 Å². The van der Waals surface area contributed by atoms with Crippen LogP contribution in [0.4, 0.5) is 0 Å². The first-order valence-corrected chi connectivity index (χ1v) is 5.62. The molecule has 0 saturated carbocycles. The number of rotatable bonds is 6. The van der Waals surface area contributed by atoms with Crippen LogP contribution in [-0.4, -0.2) is 44.4 Å². The highest BCUT2D eigenvalue weighted by Crippen LogP contribution is 2.22. The highest BCUT2D eigenvalue weighted by Gasteiger charge is 2.10. The van der Waals surface area contributed by atoms with Gasteiger partial charge in [-0.15, -0.1) is 0 Å². The molecule has 18 heavy (non-hydrogen) atoms. The lowest BCUT2D eigenvalue weighted by Gasteiger charge is -2.15. The molecule has 0 heterocycles. The summed E-state index contributed by atoms with van der Waals surface area (Å²) in [6.07, 6.45) is 0.672. The smallest absolute Gasteiger partial charge is 0.260 e. The van der Waals surface area contributed by atoms with Crippen molar-refractivity contribution in [3.63, 3.8) is 0 Å². The molecule has 0 spiro atoms. The molecule has 1 aromatic rings. The quantitative estimate of drug-likeness (QED) is 0.716. The van der Waals surface area contributed by atoms with Crippen molar-refractivity contribution in [1.82, 2.24) is 4.90 Å². The lowest BCUT2D eigenvalue weighted by molar-refractivity contribution is -0.131. The van der Waals surface area contributed by atoms with E-state index in [1.165, 1.54) is 7.11 Å². The third-order valence-electron chi connectivity index (χ3n) is 2.60. The number of hydrogen-bond acceptors (Lipinski definition) is 4. The van der Waals surface area contributed by atoms with E-state index >= 15 is 0 Å². The first-order chi connectivity index (χ1) is 8.62. The Morgan fingerprint density at radius 3 is 2.72 bits per heavy atom. The molecule has 0 aliphatic heterocycles. The van der Waals surface area contributed by atoms with Gasteiger partial charge in [-0.2, -0.15) is 0 Å². The normalized spacial score (nSPS) is 9.72. The number of nitrogens with zero attached hydrogens (tertiary/aromatic N) is 1. The average molecular weight is 251 g/mol. The van der Waals surface area contributed by atoms with Crippen LogP contribution in [0.15, 0.2) is 18.2 Å². The van der Waals surface area contributed by atoms with E-state index in [4.69, 9.17) is 9.47 Å². The predicted molar refractivity (Wildman–Crippen MR) is 67.2 cm³/mol. The minimum atomic E-state index is -0.134. The first kappa shape index (κ1) is 14.0. The van der Waals surface area contributed by atoms with Gasteiger partial charge in [-0.25, -0.2) is 0 Å². The summed E-state index contributed by atoms with van der Waals surface area (Å²) in [5.74, 6) is 0.815. The zero-order valence-corrected chi connectivity index (χ0v) is 10.8. The van der Waals surface area contributed by atoms with Crippen LogP contribution in [0, 0.1) is 0 Å². The number of hydrogen-bond donors (Lipinski definition) is 0. The standard InChI is InChI=1S/C13H17NO4/c1-4-14(2)13(16)9-18-12-6-5-11(17-3)7-10(12)8-15/h5-8H,4,9H2,1-3H3. The summed E-state index contributed by atoms with van der Waals surface area (Å²) in [7, 11) is 3.21. The lowest BCUT2D eigenvalue weighted by Crippen LogP contribution is -2.31. The molecule has 98 valence electrons. The van der Waals surface area contributed by atoms with Crippen LogP contribution < -0.4 is 9.47 Å². The minimum absolute atomic E-state index is 0.0858. The summed E-state index contributed by atoms with van der Waals surface area (Å²) in [6.45, 7) is 2.41. The van der Waals surface area contributed by atoms with Gasteiger partial charge in [-0.3, -0.25) is 9.59 Å². The molecule has 0 fully saturated rings. The van der Waals surface area contributed by atoms with E-state index in [1.54, 1.807) is 30.1 Å². The Morgan fingerprint density at radius 1 is 1.44 bits per heavy atom. The summed E-state index contributed by atoms with van der Waals surface area (Å²) in [6, 6.07) is 4.86. The minimum Gasteiger partial charge on any atom is -0.497 e. The van der Waals surface area contributed by atoms with Gasteiger partial charge < -0.3 is 14.4 Å². The summed E-state index contributed by atoms with van der Waals surface area (Å²) in [5, 5.41) is 0. The van der Waals surface area contributed by atoms with E-state index < -0.39 is 0 Å². The van der Waals surface area contributed by atoms with Gasteiger partial charge in [-0.05, 0) is 25.1 Å². The van der Waals surface area contributed by atoms with Crippen LogP contribution in [0.25, 0.3) is 0 Å². The second kappa shape index (κ2) is 6.64. The van der Waals surface area contributed by atoms with Crippen molar-refractivity contribution in [3.05, 3.63) is 23.8 Å². The van der Waals surface area contributed by atoms with Crippen LogP contribution in [0.5, 0.6) is 11.5 Å². The molecule has 5 nitrogen and oxygen atoms in total. The molecule has 0 unspecified atom stereocenters. The Kier molecular flexibility index (Phi) is 5.17. The van der Waals surface area contributed by atoms with E-state index in [1.807, 2.05) is 6.92 Å². The SMILES string of the molecule is CCN(C)C(=O)COc1ccc(OC)cc1C=O. The molecule has 0 N–H and O–H groups in total. The fourth-order valence-corrected chi connectivity index (χ4v) is 1.30. The Balaban J connectivity index is 2.73. The van der Waals surface area contributed by atoms with Gasteiger partial charge in [0.2, 0.25) is 0 Å². The summed E-state index contributed by atoms with van der Waals surface area (Å²) in [4.78, 5) is 24.0. The third kappa shape index (κ3) is 3.48.